The predicted octanol–water partition coefficient (Wildman–Crippen LogP) is 0.442. The van der Waals surface area contributed by atoms with Gasteiger partial charge in [-0.05, 0) is 27.4 Å². The van der Waals surface area contributed by atoms with Crippen molar-refractivity contribution in [1.29, 1.82) is 0 Å². The molecule has 0 spiro atoms. The van der Waals surface area contributed by atoms with Gasteiger partial charge in [0, 0.05) is 19.6 Å². The lowest BCUT2D eigenvalue weighted by Gasteiger charge is -2.15. The normalized spacial score (nSPS) is 12.9. The standard InChI is InChI=1S/C11H25N3O/c1-5-6-7-13-11(15)10(2)12-8-9-14(3)4/h10,12H,5-9H2,1-4H3,(H,13,15). The molecule has 0 aliphatic carbocycles. The molecule has 0 rings (SSSR count). The highest BCUT2D eigenvalue weighted by Crippen LogP contribution is 1.86. The summed E-state index contributed by atoms with van der Waals surface area (Å²) in [5, 5.41) is 6.09. The zero-order valence-corrected chi connectivity index (χ0v) is 10.5. The topological polar surface area (TPSA) is 44.4 Å². The van der Waals surface area contributed by atoms with Crippen LogP contribution in [0.15, 0.2) is 0 Å². The molecule has 0 saturated heterocycles. The van der Waals surface area contributed by atoms with Crippen LogP contribution >= 0.6 is 0 Å². The molecule has 0 aliphatic rings. The molecule has 1 amide bonds. The Morgan fingerprint density at radius 2 is 2.00 bits per heavy atom. The monoisotopic (exact) mass is 215 g/mol. The van der Waals surface area contributed by atoms with Gasteiger partial charge >= 0.3 is 0 Å². The molecule has 0 aliphatic heterocycles. The average molecular weight is 215 g/mol. The molecule has 0 aromatic rings. The average Bonchev–Trinajstić information content (AvgIpc) is 2.17. The molecule has 15 heavy (non-hydrogen) atoms. The molecule has 1 unspecified atom stereocenters. The molecule has 0 radical (unpaired) electrons. The predicted molar refractivity (Wildman–Crippen MR) is 63.9 cm³/mol. The second kappa shape index (κ2) is 8.68. The summed E-state index contributed by atoms with van der Waals surface area (Å²) in [4.78, 5) is 13.6. The van der Waals surface area contributed by atoms with E-state index in [0.717, 1.165) is 32.5 Å². The second-order valence-corrected chi connectivity index (χ2v) is 4.12. The third kappa shape index (κ3) is 8.39. The third-order valence-corrected chi connectivity index (χ3v) is 2.23. The van der Waals surface area contributed by atoms with E-state index in [-0.39, 0.29) is 11.9 Å². The first-order valence-electron chi connectivity index (χ1n) is 5.73. The lowest BCUT2D eigenvalue weighted by Crippen LogP contribution is -2.44. The molecule has 0 heterocycles. The van der Waals surface area contributed by atoms with Crippen LogP contribution in [0.1, 0.15) is 26.7 Å². The van der Waals surface area contributed by atoms with Crippen molar-refractivity contribution in [2.75, 3.05) is 33.7 Å². The van der Waals surface area contributed by atoms with Gasteiger partial charge in [-0.1, -0.05) is 13.3 Å². The first kappa shape index (κ1) is 14.4. The maximum Gasteiger partial charge on any atom is 0.236 e. The van der Waals surface area contributed by atoms with E-state index in [1.54, 1.807) is 0 Å². The summed E-state index contributed by atoms with van der Waals surface area (Å²) in [6, 6.07) is -0.0955. The molecule has 0 aromatic heterocycles. The number of amides is 1. The van der Waals surface area contributed by atoms with Crippen LogP contribution in [-0.4, -0.2) is 50.6 Å². The Morgan fingerprint density at radius 1 is 1.33 bits per heavy atom. The van der Waals surface area contributed by atoms with E-state index in [1.807, 2.05) is 21.0 Å². The van der Waals surface area contributed by atoms with Crippen LogP contribution in [0.4, 0.5) is 0 Å². The fourth-order valence-corrected chi connectivity index (χ4v) is 1.14. The first-order chi connectivity index (χ1) is 7.07. The molecular formula is C11H25N3O. The highest BCUT2D eigenvalue weighted by atomic mass is 16.2. The summed E-state index contributed by atoms with van der Waals surface area (Å²) in [7, 11) is 4.04. The van der Waals surface area contributed by atoms with Gasteiger partial charge in [0.1, 0.15) is 0 Å². The Bertz CT molecular complexity index is 171. The summed E-state index contributed by atoms with van der Waals surface area (Å²) in [6.07, 6.45) is 2.17. The minimum atomic E-state index is -0.0955. The summed E-state index contributed by atoms with van der Waals surface area (Å²) >= 11 is 0. The molecule has 90 valence electrons. The van der Waals surface area contributed by atoms with Crippen molar-refractivity contribution in [3.8, 4) is 0 Å². The van der Waals surface area contributed by atoms with Crippen molar-refractivity contribution in [1.82, 2.24) is 15.5 Å². The van der Waals surface area contributed by atoms with E-state index in [0.29, 0.717) is 0 Å². The highest BCUT2D eigenvalue weighted by molar-refractivity contribution is 5.81. The number of hydrogen-bond donors (Lipinski definition) is 2. The van der Waals surface area contributed by atoms with Gasteiger partial charge in [0.05, 0.1) is 6.04 Å². The van der Waals surface area contributed by atoms with Gasteiger partial charge in [0.2, 0.25) is 5.91 Å². The molecular weight excluding hydrogens is 190 g/mol. The lowest BCUT2D eigenvalue weighted by atomic mass is 10.3. The molecule has 0 fully saturated rings. The van der Waals surface area contributed by atoms with Gasteiger partial charge in [0.15, 0.2) is 0 Å². The van der Waals surface area contributed by atoms with Crippen LogP contribution < -0.4 is 10.6 Å². The quantitative estimate of drug-likeness (QED) is 0.578. The number of unbranched alkanes of at least 4 members (excludes halogenated alkanes) is 1. The maximum atomic E-state index is 11.5. The first-order valence-corrected chi connectivity index (χ1v) is 5.73. The number of carbonyl (C=O) groups is 1. The molecule has 1 atom stereocenters. The number of carbonyl (C=O) groups excluding carboxylic acids is 1. The highest BCUT2D eigenvalue weighted by Gasteiger charge is 2.10. The van der Waals surface area contributed by atoms with Crippen molar-refractivity contribution >= 4 is 5.91 Å². The van der Waals surface area contributed by atoms with Crippen LogP contribution in [0.5, 0.6) is 0 Å². The fraction of sp³-hybridized carbons (Fsp3) is 0.909. The Morgan fingerprint density at radius 3 is 2.53 bits per heavy atom. The van der Waals surface area contributed by atoms with Gasteiger partial charge in [-0.2, -0.15) is 0 Å². The largest absolute Gasteiger partial charge is 0.355 e. The lowest BCUT2D eigenvalue weighted by molar-refractivity contribution is -0.122. The van der Waals surface area contributed by atoms with Gasteiger partial charge in [-0.25, -0.2) is 0 Å². The van der Waals surface area contributed by atoms with E-state index in [1.165, 1.54) is 0 Å². The summed E-state index contributed by atoms with van der Waals surface area (Å²) in [6.45, 7) is 6.60. The Hall–Kier alpha value is -0.610. The fourth-order valence-electron chi connectivity index (χ4n) is 1.14. The van der Waals surface area contributed by atoms with Gasteiger partial charge in [-0.3, -0.25) is 4.79 Å². The summed E-state index contributed by atoms with van der Waals surface area (Å²) in [5.41, 5.74) is 0. The molecule has 0 aromatic carbocycles. The molecule has 4 nitrogen and oxygen atoms in total. The summed E-state index contributed by atoms with van der Waals surface area (Å²) in [5.74, 6) is 0.0993. The van der Waals surface area contributed by atoms with E-state index in [4.69, 9.17) is 0 Å². The molecule has 4 heteroatoms. The second-order valence-electron chi connectivity index (χ2n) is 4.12. The van der Waals surface area contributed by atoms with Crippen molar-refractivity contribution in [2.45, 2.75) is 32.7 Å². The van der Waals surface area contributed by atoms with Gasteiger partial charge < -0.3 is 15.5 Å². The van der Waals surface area contributed by atoms with Gasteiger partial charge in [0.25, 0.3) is 0 Å². The van der Waals surface area contributed by atoms with Crippen LogP contribution in [-0.2, 0) is 4.79 Å². The number of nitrogens with zero attached hydrogens (tertiary/aromatic N) is 1. The van der Waals surface area contributed by atoms with Crippen molar-refractivity contribution in [3.05, 3.63) is 0 Å². The molecule has 0 saturated carbocycles. The van der Waals surface area contributed by atoms with Crippen LogP contribution in [0, 0.1) is 0 Å². The van der Waals surface area contributed by atoms with E-state index < -0.39 is 0 Å². The number of hydrogen-bond acceptors (Lipinski definition) is 3. The molecule has 2 N–H and O–H groups in total. The van der Waals surface area contributed by atoms with Crippen molar-refractivity contribution < 1.29 is 4.79 Å². The van der Waals surface area contributed by atoms with E-state index >= 15 is 0 Å². The van der Waals surface area contributed by atoms with Crippen molar-refractivity contribution in [3.63, 3.8) is 0 Å². The van der Waals surface area contributed by atoms with Crippen LogP contribution in [0.2, 0.25) is 0 Å². The Balaban J connectivity index is 3.51. The smallest absolute Gasteiger partial charge is 0.236 e. The minimum Gasteiger partial charge on any atom is -0.355 e. The van der Waals surface area contributed by atoms with Gasteiger partial charge in [-0.15, -0.1) is 0 Å². The van der Waals surface area contributed by atoms with Crippen molar-refractivity contribution in [2.24, 2.45) is 0 Å². The third-order valence-electron chi connectivity index (χ3n) is 2.23. The zero-order valence-electron chi connectivity index (χ0n) is 10.5. The summed E-state index contributed by atoms with van der Waals surface area (Å²) < 4.78 is 0. The SMILES string of the molecule is CCCCNC(=O)C(C)NCCN(C)C. The van der Waals surface area contributed by atoms with Crippen LogP contribution in [0.3, 0.4) is 0 Å². The zero-order chi connectivity index (χ0) is 11.7. The number of likely N-dealkylation sites (N-methyl/N-ethyl adjacent to an activating group) is 1. The van der Waals surface area contributed by atoms with E-state index in [9.17, 15) is 4.79 Å². The maximum absolute atomic E-state index is 11.5. The Kier molecular flexibility index (Phi) is 8.33. The molecule has 0 bridgehead atoms. The van der Waals surface area contributed by atoms with Crippen LogP contribution in [0.25, 0.3) is 0 Å². The minimum absolute atomic E-state index is 0.0955. The number of nitrogens with one attached hydrogen (secondary N) is 2. The Labute approximate surface area is 93.4 Å². The number of rotatable bonds is 8. The van der Waals surface area contributed by atoms with E-state index in [2.05, 4.69) is 22.5 Å².